The van der Waals surface area contributed by atoms with Crippen LogP contribution in [0.15, 0.2) is 52.5 Å². The zero-order chi connectivity index (χ0) is 16.9. The van der Waals surface area contributed by atoms with E-state index in [-0.39, 0.29) is 6.54 Å². The summed E-state index contributed by atoms with van der Waals surface area (Å²) in [4.78, 5) is 35.4. The van der Waals surface area contributed by atoms with Gasteiger partial charge in [-0.25, -0.2) is 0 Å². The number of furan rings is 1. The molecule has 1 aromatic carbocycles. The second-order valence-electron chi connectivity index (χ2n) is 4.82. The van der Waals surface area contributed by atoms with Gasteiger partial charge in [-0.1, -0.05) is 18.2 Å². The van der Waals surface area contributed by atoms with Crippen molar-refractivity contribution in [3.8, 4) is 0 Å². The normalized spacial score (nSPS) is 10.3. The molecule has 0 spiro atoms. The van der Waals surface area contributed by atoms with Crippen molar-refractivity contribution >= 4 is 39.1 Å². The van der Waals surface area contributed by atoms with Gasteiger partial charge in [0.05, 0.1) is 18.4 Å². The molecule has 7 nitrogen and oxygen atoms in total. The monoisotopic (exact) mass is 343 g/mol. The van der Waals surface area contributed by atoms with Crippen LogP contribution in [0.3, 0.4) is 0 Å². The first-order chi connectivity index (χ1) is 11.6. The molecule has 0 bridgehead atoms. The molecule has 3 N–H and O–H groups in total. The largest absolute Gasteiger partial charge is 0.467 e. The van der Waals surface area contributed by atoms with Gasteiger partial charge in [0.1, 0.15) is 5.76 Å². The fraction of sp³-hybridized carbons (Fsp3) is 0.0625. The molecule has 0 aliphatic carbocycles. The highest BCUT2D eigenvalue weighted by Crippen LogP contribution is 2.25. The molecule has 3 rings (SSSR count). The zero-order valence-corrected chi connectivity index (χ0v) is 13.2. The number of thiophene rings is 1. The molecular formula is C16H13N3O4S. The van der Waals surface area contributed by atoms with Crippen LogP contribution in [-0.4, -0.2) is 17.7 Å². The molecule has 3 amide bonds. The van der Waals surface area contributed by atoms with Crippen molar-refractivity contribution in [2.75, 3.05) is 0 Å². The topological polar surface area (TPSA) is 100 Å². The lowest BCUT2D eigenvalue weighted by Crippen LogP contribution is -2.48. The average Bonchev–Trinajstić information content (AvgIpc) is 3.26. The summed E-state index contributed by atoms with van der Waals surface area (Å²) < 4.78 is 6.00. The number of rotatable bonds is 3. The number of carbonyl (C=O) groups is 3. The number of fused-ring (bicyclic) bond motifs is 1. The smallest absolute Gasteiger partial charge is 0.327 e. The van der Waals surface area contributed by atoms with Crippen LogP contribution in [0.1, 0.15) is 16.1 Å². The van der Waals surface area contributed by atoms with Crippen LogP contribution in [0.25, 0.3) is 10.1 Å². The third kappa shape index (κ3) is 3.44. The number of hydrogen-bond acceptors (Lipinski definition) is 5. The Kier molecular flexibility index (Phi) is 4.57. The van der Waals surface area contributed by atoms with Crippen molar-refractivity contribution in [3.05, 3.63) is 59.4 Å². The lowest BCUT2D eigenvalue weighted by atomic mass is 10.2. The average molecular weight is 343 g/mol. The first kappa shape index (κ1) is 15.8. The SMILES string of the molecule is O=C(NCc1ccco1)C(=O)NNC(=O)c1csc2ccccc12. The lowest BCUT2D eigenvalue weighted by molar-refractivity contribution is -0.139. The molecule has 122 valence electrons. The molecule has 2 aromatic heterocycles. The number of hydrogen-bond donors (Lipinski definition) is 3. The zero-order valence-electron chi connectivity index (χ0n) is 12.4. The fourth-order valence-electron chi connectivity index (χ4n) is 2.05. The van der Waals surface area contributed by atoms with Crippen LogP contribution < -0.4 is 16.2 Å². The van der Waals surface area contributed by atoms with Gasteiger partial charge in [-0.15, -0.1) is 11.3 Å². The van der Waals surface area contributed by atoms with Crippen LogP contribution in [0.4, 0.5) is 0 Å². The molecule has 0 saturated heterocycles. The summed E-state index contributed by atoms with van der Waals surface area (Å²) in [5, 5.41) is 4.86. The minimum atomic E-state index is -0.963. The minimum absolute atomic E-state index is 0.0857. The van der Waals surface area contributed by atoms with Crippen LogP contribution >= 0.6 is 11.3 Å². The molecule has 24 heavy (non-hydrogen) atoms. The number of amides is 3. The molecule has 0 unspecified atom stereocenters. The van der Waals surface area contributed by atoms with E-state index in [1.54, 1.807) is 17.5 Å². The Morgan fingerprint density at radius 2 is 1.83 bits per heavy atom. The quantitative estimate of drug-likeness (QED) is 0.496. The fourth-order valence-corrected chi connectivity index (χ4v) is 2.99. The van der Waals surface area contributed by atoms with Crippen molar-refractivity contribution in [1.82, 2.24) is 16.2 Å². The van der Waals surface area contributed by atoms with E-state index in [2.05, 4.69) is 16.2 Å². The molecule has 3 aromatic rings. The number of carbonyl (C=O) groups excluding carboxylic acids is 3. The minimum Gasteiger partial charge on any atom is -0.467 e. The molecule has 0 saturated carbocycles. The molecule has 0 radical (unpaired) electrons. The van der Waals surface area contributed by atoms with Crippen molar-refractivity contribution in [2.45, 2.75) is 6.54 Å². The van der Waals surface area contributed by atoms with Crippen molar-refractivity contribution in [1.29, 1.82) is 0 Å². The van der Waals surface area contributed by atoms with Gasteiger partial charge < -0.3 is 9.73 Å². The first-order valence-electron chi connectivity index (χ1n) is 7.02. The second-order valence-corrected chi connectivity index (χ2v) is 5.73. The molecule has 8 heteroatoms. The molecule has 0 aliphatic heterocycles. The van der Waals surface area contributed by atoms with Crippen molar-refractivity contribution in [2.24, 2.45) is 0 Å². The standard InChI is InChI=1S/C16H13N3O4S/c20-14(12-9-24-13-6-2-1-5-11(12)13)18-19-16(22)15(21)17-8-10-4-3-7-23-10/h1-7,9H,8H2,(H,17,21)(H,18,20)(H,19,22). The highest BCUT2D eigenvalue weighted by molar-refractivity contribution is 7.17. The second kappa shape index (κ2) is 6.97. The Labute approximate surface area is 140 Å². The Bertz CT molecular complexity index is 886. The highest BCUT2D eigenvalue weighted by Gasteiger charge is 2.16. The van der Waals surface area contributed by atoms with E-state index in [0.717, 1.165) is 10.1 Å². The summed E-state index contributed by atoms with van der Waals surface area (Å²) >= 11 is 1.43. The van der Waals surface area contributed by atoms with Gasteiger partial charge >= 0.3 is 11.8 Å². The molecular weight excluding hydrogens is 330 g/mol. The van der Waals surface area contributed by atoms with Gasteiger partial charge in [-0.2, -0.15) is 0 Å². The van der Waals surface area contributed by atoms with E-state index in [9.17, 15) is 14.4 Å². The molecule has 0 fully saturated rings. The molecule has 2 heterocycles. The number of hydrazine groups is 1. The summed E-state index contributed by atoms with van der Waals surface area (Å²) in [6, 6.07) is 10.8. The lowest BCUT2D eigenvalue weighted by Gasteiger charge is -2.07. The van der Waals surface area contributed by atoms with E-state index in [0.29, 0.717) is 11.3 Å². The van der Waals surface area contributed by atoms with Crippen molar-refractivity contribution in [3.63, 3.8) is 0 Å². The van der Waals surface area contributed by atoms with E-state index in [1.807, 2.05) is 24.3 Å². The van der Waals surface area contributed by atoms with E-state index >= 15 is 0 Å². The molecule has 0 atom stereocenters. The maximum Gasteiger partial charge on any atom is 0.327 e. The van der Waals surface area contributed by atoms with Crippen LogP contribution in [0.5, 0.6) is 0 Å². The Balaban J connectivity index is 1.53. The maximum absolute atomic E-state index is 12.1. The third-order valence-electron chi connectivity index (χ3n) is 3.22. The van der Waals surface area contributed by atoms with E-state index in [1.165, 1.54) is 17.6 Å². The van der Waals surface area contributed by atoms with Gasteiger partial charge in [-0.05, 0) is 18.2 Å². The van der Waals surface area contributed by atoms with Crippen LogP contribution in [0.2, 0.25) is 0 Å². The van der Waals surface area contributed by atoms with Gasteiger partial charge in [0.25, 0.3) is 5.91 Å². The number of nitrogens with one attached hydrogen (secondary N) is 3. The third-order valence-corrected chi connectivity index (χ3v) is 4.19. The van der Waals surface area contributed by atoms with Crippen LogP contribution in [0, 0.1) is 0 Å². The Morgan fingerprint density at radius 3 is 2.62 bits per heavy atom. The van der Waals surface area contributed by atoms with Gasteiger partial charge in [-0.3, -0.25) is 25.2 Å². The van der Waals surface area contributed by atoms with E-state index in [4.69, 9.17) is 4.42 Å². The van der Waals surface area contributed by atoms with Gasteiger partial charge in [0, 0.05) is 15.5 Å². The summed E-state index contributed by atoms with van der Waals surface area (Å²) in [5.41, 5.74) is 4.76. The Hall–Kier alpha value is -3.13. The summed E-state index contributed by atoms with van der Waals surface area (Å²) in [5.74, 6) is -1.80. The predicted molar refractivity (Wildman–Crippen MR) is 88.0 cm³/mol. The molecule has 0 aliphatic rings. The maximum atomic E-state index is 12.1. The van der Waals surface area contributed by atoms with Gasteiger partial charge in [0.2, 0.25) is 0 Å². The highest BCUT2D eigenvalue weighted by atomic mass is 32.1. The predicted octanol–water partition coefficient (Wildman–Crippen LogP) is 1.57. The summed E-state index contributed by atoms with van der Waals surface area (Å²) in [6.45, 7) is 0.0857. The Morgan fingerprint density at radius 1 is 1.00 bits per heavy atom. The van der Waals surface area contributed by atoms with Crippen LogP contribution in [-0.2, 0) is 16.1 Å². The number of benzene rings is 1. The summed E-state index contributed by atoms with van der Waals surface area (Å²) in [7, 11) is 0. The summed E-state index contributed by atoms with van der Waals surface area (Å²) in [6.07, 6.45) is 1.47. The van der Waals surface area contributed by atoms with Crippen molar-refractivity contribution < 1.29 is 18.8 Å². The van der Waals surface area contributed by atoms with Gasteiger partial charge in [0.15, 0.2) is 0 Å². The first-order valence-corrected chi connectivity index (χ1v) is 7.90. The van der Waals surface area contributed by atoms with E-state index < -0.39 is 17.7 Å².